The summed E-state index contributed by atoms with van der Waals surface area (Å²) in [6.07, 6.45) is 0. The quantitative estimate of drug-likeness (QED) is 0.866. The van der Waals surface area contributed by atoms with Crippen LogP contribution < -0.4 is 5.32 Å². The average Bonchev–Trinajstić information content (AvgIpc) is 2.30. The van der Waals surface area contributed by atoms with E-state index in [1.807, 2.05) is 39.0 Å². The molecule has 1 N–H and O–H groups in total. The molecule has 0 aliphatic rings. The van der Waals surface area contributed by atoms with Gasteiger partial charge in [0.25, 0.3) is 0 Å². The van der Waals surface area contributed by atoms with Gasteiger partial charge in [-0.25, -0.2) is 0 Å². The number of hydrogen-bond donors (Lipinski definition) is 1. The molecule has 0 aromatic heterocycles. The zero-order valence-electron chi connectivity index (χ0n) is 10.6. The van der Waals surface area contributed by atoms with Gasteiger partial charge in [0.15, 0.2) is 0 Å². The maximum absolute atomic E-state index is 11.5. The molecular weight excluding hydrogens is 282 g/mol. The summed E-state index contributed by atoms with van der Waals surface area (Å²) in [4.78, 5) is 11.5. The summed E-state index contributed by atoms with van der Waals surface area (Å²) in [6.45, 7) is 6.27. The zero-order valence-corrected chi connectivity index (χ0v) is 12.2. The van der Waals surface area contributed by atoms with Crippen molar-refractivity contribution in [2.24, 2.45) is 5.41 Å². The molecule has 0 saturated heterocycles. The molecule has 94 valence electrons. The highest BCUT2D eigenvalue weighted by Crippen LogP contribution is 2.27. The van der Waals surface area contributed by atoms with Crippen molar-refractivity contribution < 1.29 is 9.53 Å². The van der Waals surface area contributed by atoms with Crippen molar-refractivity contribution in [1.82, 2.24) is 0 Å². The number of rotatable bonds is 4. The Kier molecular flexibility index (Phi) is 4.57. The van der Waals surface area contributed by atoms with Gasteiger partial charge in [-0.15, -0.1) is 0 Å². The van der Waals surface area contributed by atoms with Crippen molar-refractivity contribution in [3.63, 3.8) is 0 Å². The Morgan fingerprint density at radius 2 is 2.12 bits per heavy atom. The van der Waals surface area contributed by atoms with Gasteiger partial charge in [-0.3, -0.25) is 4.79 Å². The van der Waals surface area contributed by atoms with Gasteiger partial charge in [0.1, 0.15) is 0 Å². The summed E-state index contributed by atoms with van der Waals surface area (Å²) in [5.74, 6) is -0.214. The molecule has 0 radical (unpaired) electrons. The highest BCUT2D eigenvalue weighted by molar-refractivity contribution is 9.10. The maximum atomic E-state index is 11.5. The van der Waals surface area contributed by atoms with Crippen LogP contribution in [0.3, 0.4) is 0 Å². The number of esters is 1. The van der Waals surface area contributed by atoms with Crippen LogP contribution in [-0.2, 0) is 9.53 Å². The number of benzene rings is 1. The Morgan fingerprint density at radius 3 is 2.71 bits per heavy atom. The third-order valence-corrected chi connectivity index (χ3v) is 3.70. The summed E-state index contributed by atoms with van der Waals surface area (Å²) in [7, 11) is 1.41. The lowest BCUT2D eigenvalue weighted by Gasteiger charge is -2.23. The van der Waals surface area contributed by atoms with Gasteiger partial charge in [-0.05, 0) is 48.3 Å². The number of anilines is 1. The van der Waals surface area contributed by atoms with Crippen molar-refractivity contribution >= 4 is 27.6 Å². The first-order valence-electron chi connectivity index (χ1n) is 5.46. The van der Waals surface area contributed by atoms with E-state index in [9.17, 15) is 4.79 Å². The second-order valence-corrected chi connectivity index (χ2v) is 5.46. The van der Waals surface area contributed by atoms with Crippen molar-refractivity contribution in [1.29, 1.82) is 0 Å². The molecule has 0 aliphatic carbocycles. The van der Waals surface area contributed by atoms with E-state index < -0.39 is 5.41 Å². The fourth-order valence-electron chi connectivity index (χ4n) is 1.45. The van der Waals surface area contributed by atoms with E-state index in [2.05, 4.69) is 21.2 Å². The maximum Gasteiger partial charge on any atom is 0.313 e. The minimum absolute atomic E-state index is 0.214. The van der Waals surface area contributed by atoms with Gasteiger partial charge in [0, 0.05) is 16.7 Å². The van der Waals surface area contributed by atoms with E-state index >= 15 is 0 Å². The van der Waals surface area contributed by atoms with Crippen LogP contribution in [0.15, 0.2) is 22.7 Å². The van der Waals surface area contributed by atoms with E-state index in [4.69, 9.17) is 4.74 Å². The number of methoxy groups -OCH3 is 1. The van der Waals surface area contributed by atoms with Gasteiger partial charge >= 0.3 is 5.97 Å². The summed E-state index contributed by atoms with van der Waals surface area (Å²) < 4.78 is 5.80. The van der Waals surface area contributed by atoms with Crippen molar-refractivity contribution in [2.45, 2.75) is 20.8 Å². The molecule has 0 amide bonds. The Bertz CT molecular complexity index is 416. The van der Waals surface area contributed by atoms with Gasteiger partial charge < -0.3 is 10.1 Å². The summed E-state index contributed by atoms with van der Waals surface area (Å²) in [5, 5.41) is 3.26. The molecule has 0 bridgehead atoms. The molecule has 1 aromatic carbocycles. The van der Waals surface area contributed by atoms with Crippen LogP contribution in [0.5, 0.6) is 0 Å². The van der Waals surface area contributed by atoms with E-state index in [-0.39, 0.29) is 5.97 Å². The monoisotopic (exact) mass is 299 g/mol. The van der Waals surface area contributed by atoms with Crippen LogP contribution in [0.25, 0.3) is 0 Å². The number of nitrogens with one attached hydrogen (secondary N) is 1. The van der Waals surface area contributed by atoms with Crippen LogP contribution >= 0.6 is 15.9 Å². The summed E-state index contributed by atoms with van der Waals surface area (Å²) in [6, 6.07) is 5.98. The summed E-state index contributed by atoms with van der Waals surface area (Å²) in [5.41, 5.74) is 1.60. The molecule has 0 atom stereocenters. The van der Waals surface area contributed by atoms with Crippen LogP contribution in [0.4, 0.5) is 5.69 Å². The third kappa shape index (κ3) is 3.46. The first-order valence-corrected chi connectivity index (χ1v) is 6.25. The van der Waals surface area contributed by atoms with E-state index in [1.54, 1.807) is 0 Å². The Labute approximate surface area is 111 Å². The highest BCUT2D eigenvalue weighted by atomic mass is 79.9. The van der Waals surface area contributed by atoms with Gasteiger partial charge in [0.05, 0.1) is 12.5 Å². The molecule has 0 unspecified atom stereocenters. The normalized spacial score (nSPS) is 11.1. The first kappa shape index (κ1) is 14.0. The van der Waals surface area contributed by atoms with E-state index in [0.29, 0.717) is 6.54 Å². The Hall–Kier alpha value is -1.03. The minimum atomic E-state index is -0.544. The fourth-order valence-corrected chi connectivity index (χ4v) is 1.85. The highest BCUT2D eigenvalue weighted by Gasteiger charge is 2.28. The lowest BCUT2D eigenvalue weighted by molar-refractivity contribution is -0.149. The Morgan fingerprint density at radius 1 is 1.47 bits per heavy atom. The van der Waals surface area contributed by atoms with Gasteiger partial charge in [-0.2, -0.15) is 0 Å². The predicted octanol–water partition coefficient (Wildman–Crippen LogP) is 3.37. The average molecular weight is 300 g/mol. The third-order valence-electron chi connectivity index (χ3n) is 2.65. The first-order chi connectivity index (χ1) is 7.88. The lowest BCUT2D eigenvalue weighted by atomic mass is 9.93. The predicted molar refractivity (Wildman–Crippen MR) is 73.2 cm³/mol. The second kappa shape index (κ2) is 5.54. The number of carbonyl (C=O) groups is 1. The number of hydrogen-bond acceptors (Lipinski definition) is 3. The number of ether oxygens (including phenoxy) is 1. The van der Waals surface area contributed by atoms with E-state index in [1.165, 1.54) is 7.11 Å². The standard InChI is InChI=1S/C13H18BrNO2/c1-9-6-5-7-10(11(9)14)15-8-13(2,3)12(16)17-4/h5-7,15H,8H2,1-4H3. The summed E-state index contributed by atoms with van der Waals surface area (Å²) >= 11 is 3.52. The molecule has 0 heterocycles. The second-order valence-electron chi connectivity index (χ2n) is 4.67. The van der Waals surface area contributed by atoms with Crippen LogP contribution in [0.1, 0.15) is 19.4 Å². The minimum Gasteiger partial charge on any atom is -0.469 e. The molecule has 1 aromatic rings. The molecule has 0 spiro atoms. The van der Waals surface area contributed by atoms with Crippen LogP contribution in [0.2, 0.25) is 0 Å². The van der Waals surface area contributed by atoms with Crippen molar-refractivity contribution in [3.05, 3.63) is 28.2 Å². The molecule has 1 rings (SSSR count). The fraction of sp³-hybridized carbons (Fsp3) is 0.462. The smallest absolute Gasteiger partial charge is 0.313 e. The topological polar surface area (TPSA) is 38.3 Å². The SMILES string of the molecule is COC(=O)C(C)(C)CNc1cccc(C)c1Br. The van der Waals surface area contributed by atoms with Crippen molar-refractivity contribution in [3.8, 4) is 0 Å². The van der Waals surface area contributed by atoms with Gasteiger partial charge in [-0.1, -0.05) is 12.1 Å². The lowest BCUT2D eigenvalue weighted by Crippen LogP contribution is -2.33. The number of halogens is 1. The molecule has 17 heavy (non-hydrogen) atoms. The molecule has 0 fully saturated rings. The van der Waals surface area contributed by atoms with Crippen molar-refractivity contribution in [2.75, 3.05) is 19.0 Å². The van der Waals surface area contributed by atoms with Crippen LogP contribution in [-0.4, -0.2) is 19.6 Å². The molecule has 0 saturated carbocycles. The molecular formula is C13H18BrNO2. The largest absolute Gasteiger partial charge is 0.469 e. The molecule has 3 nitrogen and oxygen atoms in total. The zero-order chi connectivity index (χ0) is 13.1. The van der Waals surface area contributed by atoms with Gasteiger partial charge in [0.2, 0.25) is 0 Å². The molecule has 0 aliphatic heterocycles. The number of carbonyl (C=O) groups excluding carboxylic acids is 1. The number of aryl methyl sites for hydroxylation is 1. The van der Waals surface area contributed by atoms with Crippen LogP contribution in [0, 0.1) is 12.3 Å². The Balaban J connectivity index is 2.74. The molecule has 4 heteroatoms. The van der Waals surface area contributed by atoms with E-state index in [0.717, 1.165) is 15.7 Å².